The number of ether oxygens (including phenoxy) is 1. The number of carbonyl (C=O) groups excluding carboxylic acids is 1. The zero-order chi connectivity index (χ0) is 20.9. The van der Waals surface area contributed by atoms with Crippen LogP contribution in [0.4, 0.5) is 5.82 Å². The van der Waals surface area contributed by atoms with Gasteiger partial charge in [0.15, 0.2) is 5.82 Å². The lowest BCUT2D eigenvalue weighted by molar-refractivity contribution is -0.132. The summed E-state index contributed by atoms with van der Waals surface area (Å²) >= 11 is 0. The first kappa shape index (κ1) is 19.6. The number of anilines is 1. The Morgan fingerprint density at radius 2 is 1.77 bits per heavy atom. The molecule has 1 amide bonds. The number of benzene rings is 1. The lowest BCUT2D eigenvalue weighted by Gasteiger charge is -2.35. The lowest BCUT2D eigenvalue weighted by atomic mass is 10.1. The zero-order valence-electron chi connectivity index (χ0n) is 16.6. The number of methoxy groups -OCH3 is 1. The highest BCUT2D eigenvalue weighted by Crippen LogP contribution is 2.22. The van der Waals surface area contributed by atoms with Crippen molar-refractivity contribution < 1.29 is 9.53 Å². The smallest absolute Gasteiger partial charge is 0.253 e. The van der Waals surface area contributed by atoms with Crippen LogP contribution < -0.4 is 15.2 Å². The van der Waals surface area contributed by atoms with Crippen molar-refractivity contribution in [2.45, 2.75) is 6.54 Å². The van der Waals surface area contributed by atoms with Crippen molar-refractivity contribution in [1.82, 2.24) is 24.6 Å². The fourth-order valence-electron chi connectivity index (χ4n) is 3.34. The van der Waals surface area contributed by atoms with E-state index in [0.29, 0.717) is 26.2 Å². The van der Waals surface area contributed by atoms with Gasteiger partial charge in [-0.05, 0) is 36.4 Å². The molecule has 1 aliphatic rings. The summed E-state index contributed by atoms with van der Waals surface area (Å²) in [7, 11) is 1.63. The maximum Gasteiger partial charge on any atom is 0.253 e. The molecule has 0 unspecified atom stereocenters. The molecule has 0 bridgehead atoms. The number of piperazine rings is 1. The average Bonchev–Trinajstić information content (AvgIpc) is 2.81. The molecule has 3 aromatic rings. The van der Waals surface area contributed by atoms with Gasteiger partial charge < -0.3 is 14.5 Å². The number of nitrogens with zero attached hydrogens (tertiary/aromatic N) is 6. The fourth-order valence-corrected chi connectivity index (χ4v) is 3.34. The van der Waals surface area contributed by atoms with Gasteiger partial charge in [-0.3, -0.25) is 14.2 Å². The van der Waals surface area contributed by atoms with E-state index in [0.717, 1.165) is 22.8 Å². The predicted molar refractivity (Wildman–Crippen MR) is 111 cm³/mol. The predicted octanol–water partition coefficient (Wildman–Crippen LogP) is 1.06. The first-order chi connectivity index (χ1) is 14.6. The van der Waals surface area contributed by atoms with Crippen molar-refractivity contribution >= 4 is 11.7 Å². The Labute approximate surface area is 173 Å². The van der Waals surface area contributed by atoms with Crippen LogP contribution in [0, 0.1) is 0 Å². The number of amides is 1. The van der Waals surface area contributed by atoms with Gasteiger partial charge in [0.05, 0.1) is 19.1 Å². The molecule has 1 saturated heterocycles. The standard InChI is InChI=1S/C21H22N6O3/c1-30-17-4-2-16(3-5-17)18-6-7-19(24-23-18)25-10-12-26(13-11-25)21(29)14-27-15-22-9-8-20(27)28/h2-9,15H,10-14H2,1H3. The van der Waals surface area contributed by atoms with Crippen LogP contribution in [-0.4, -0.2) is 63.8 Å². The third kappa shape index (κ3) is 4.29. The number of carbonyl (C=O) groups is 1. The van der Waals surface area contributed by atoms with Crippen LogP contribution in [0.15, 0.2) is 59.8 Å². The molecule has 0 N–H and O–H groups in total. The summed E-state index contributed by atoms with van der Waals surface area (Å²) in [6.45, 7) is 2.45. The minimum absolute atomic E-state index is 0.00301. The molecule has 9 nitrogen and oxygen atoms in total. The zero-order valence-corrected chi connectivity index (χ0v) is 16.6. The van der Waals surface area contributed by atoms with Gasteiger partial charge in [0.2, 0.25) is 5.91 Å². The van der Waals surface area contributed by atoms with E-state index in [1.165, 1.54) is 23.2 Å². The third-order valence-corrected chi connectivity index (χ3v) is 5.09. The van der Waals surface area contributed by atoms with Gasteiger partial charge in [-0.1, -0.05) is 0 Å². The van der Waals surface area contributed by atoms with E-state index >= 15 is 0 Å². The third-order valence-electron chi connectivity index (χ3n) is 5.09. The van der Waals surface area contributed by atoms with E-state index in [9.17, 15) is 9.59 Å². The highest BCUT2D eigenvalue weighted by atomic mass is 16.5. The molecule has 0 saturated carbocycles. The van der Waals surface area contributed by atoms with Crippen molar-refractivity contribution in [1.29, 1.82) is 0 Å². The summed E-state index contributed by atoms with van der Waals surface area (Å²) in [5.74, 6) is 1.48. The van der Waals surface area contributed by atoms with Gasteiger partial charge in [0.25, 0.3) is 5.56 Å². The molecule has 0 spiro atoms. The molecule has 2 aromatic heterocycles. The molecule has 3 heterocycles. The van der Waals surface area contributed by atoms with E-state index in [1.807, 2.05) is 36.4 Å². The Bertz CT molecular complexity index is 1060. The average molecular weight is 406 g/mol. The Balaban J connectivity index is 1.35. The molecule has 30 heavy (non-hydrogen) atoms. The van der Waals surface area contributed by atoms with Crippen LogP contribution in [0.25, 0.3) is 11.3 Å². The van der Waals surface area contributed by atoms with Gasteiger partial charge in [-0.2, -0.15) is 0 Å². The summed E-state index contributed by atoms with van der Waals surface area (Å²) in [5.41, 5.74) is 1.53. The van der Waals surface area contributed by atoms with Crippen LogP contribution in [0.5, 0.6) is 5.75 Å². The summed E-state index contributed by atoms with van der Waals surface area (Å²) in [4.78, 5) is 32.0. The molecule has 4 rings (SSSR count). The Morgan fingerprint density at radius 3 is 2.40 bits per heavy atom. The van der Waals surface area contributed by atoms with Crippen LogP contribution in [-0.2, 0) is 11.3 Å². The first-order valence-corrected chi connectivity index (χ1v) is 9.65. The molecule has 0 radical (unpaired) electrons. The topological polar surface area (TPSA) is 93.5 Å². The van der Waals surface area contributed by atoms with Crippen LogP contribution in [0.2, 0.25) is 0 Å². The van der Waals surface area contributed by atoms with Crippen molar-refractivity contribution in [3.8, 4) is 17.0 Å². The van der Waals surface area contributed by atoms with Gasteiger partial charge in [0, 0.05) is 44.0 Å². The maximum absolute atomic E-state index is 12.5. The molecule has 154 valence electrons. The number of aromatic nitrogens is 4. The quantitative estimate of drug-likeness (QED) is 0.625. The maximum atomic E-state index is 12.5. The summed E-state index contributed by atoms with van der Waals surface area (Å²) in [6, 6.07) is 12.9. The normalized spacial score (nSPS) is 13.9. The summed E-state index contributed by atoms with van der Waals surface area (Å²) in [6.07, 6.45) is 2.81. The van der Waals surface area contributed by atoms with E-state index in [4.69, 9.17) is 4.74 Å². The monoisotopic (exact) mass is 406 g/mol. The molecular weight excluding hydrogens is 384 g/mol. The largest absolute Gasteiger partial charge is 0.497 e. The SMILES string of the molecule is COc1ccc(-c2ccc(N3CCN(C(=O)Cn4cnccc4=O)CC3)nn2)cc1. The Kier molecular flexibility index (Phi) is 5.69. The van der Waals surface area contributed by atoms with Gasteiger partial charge >= 0.3 is 0 Å². The van der Waals surface area contributed by atoms with Crippen molar-refractivity contribution in [2.75, 3.05) is 38.2 Å². The van der Waals surface area contributed by atoms with Crippen LogP contribution in [0.1, 0.15) is 0 Å². The first-order valence-electron chi connectivity index (χ1n) is 9.65. The second kappa shape index (κ2) is 8.73. The highest BCUT2D eigenvalue weighted by molar-refractivity contribution is 5.76. The highest BCUT2D eigenvalue weighted by Gasteiger charge is 2.22. The molecule has 1 fully saturated rings. The second-order valence-electron chi connectivity index (χ2n) is 6.92. The molecule has 0 atom stereocenters. The lowest BCUT2D eigenvalue weighted by Crippen LogP contribution is -2.50. The number of hydrogen-bond acceptors (Lipinski definition) is 7. The Hall–Kier alpha value is -3.75. The van der Waals surface area contributed by atoms with Gasteiger partial charge in [-0.15, -0.1) is 10.2 Å². The van der Waals surface area contributed by atoms with E-state index in [1.54, 1.807) is 12.0 Å². The van der Waals surface area contributed by atoms with Crippen LogP contribution >= 0.6 is 0 Å². The van der Waals surface area contributed by atoms with E-state index < -0.39 is 0 Å². The number of hydrogen-bond donors (Lipinski definition) is 0. The molecule has 0 aliphatic carbocycles. The van der Waals surface area contributed by atoms with Crippen molar-refractivity contribution in [3.05, 3.63) is 65.3 Å². The van der Waals surface area contributed by atoms with Crippen molar-refractivity contribution in [3.63, 3.8) is 0 Å². The molecule has 9 heteroatoms. The second-order valence-corrected chi connectivity index (χ2v) is 6.92. The molecular formula is C21H22N6O3. The minimum atomic E-state index is -0.232. The van der Waals surface area contributed by atoms with E-state index in [2.05, 4.69) is 20.1 Å². The number of rotatable bonds is 5. The Morgan fingerprint density at radius 1 is 1.00 bits per heavy atom. The van der Waals surface area contributed by atoms with Crippen LogP contribution in [0.3, 0.4) is 0 Å². The minimum Gasteiger partial charge on any atom is -0.497 e. The summed E-state index contributed by atoms with van der Waals surface area (Å²) < 4.78 is 6.49. The van der Waals surface area contributed by atoms with Crippen molar-refractivity contribution in [2.24, 2.45) is 0 Å². The van der Waals surface area contributed by atoms with Gasteiger partial charge in [-0.25, -0.2) is 4.98 Å². The fraction of sp³-hybridized carbons (Fsp3) is 0.286. The van der Waals surface area contributed by atoms with Gasteiger partial charge in [0.1, 0.15) is 12.3 Å². The van der Waals surface area contributed by atoms with E-state index in [-0.39, 0.29) is 18.0 Å². The molecule has 1 aliphatic heterocycles. The summed E-state index contributed by atoms with van der Waals surface area (Å²) in [5, 5.41) is 8.70. The molecule has 1 aromatic carbocycles.